The summed E-state index contributed by atoms with van der Waals surface area (Å²) in [4.78, 5) is 12.2. The predicted octanol–water partition coefficient (Wildman–Crippen LogP) is 2.27. The molecule has 0 atom stereocenters. The van der Waals surface area contributed by atoms with Crippen molar-refractivity contribution in [1.82, 2.24) is 4.90 Å². The molecule has 1 amide bonds. The lowest BCUT2D eigenvalue weighted by atomic mass is 10.0. The van der Waals surface area contributed by atoms with Gasteiger partial charge in [0.2, 0.25) is 0 Å². The zero-order valence-electron chi connectivity index (χ0n) is 10.8. The average molecular weight is 267 g/mol. The van der Waals surface area contributed by atoms with Crippen LogP contribution in [0.3, 0.4) is 0 Å². The molecule has 1 aliphatic rings. The Bertz CT molecular complexity index is 485. The maximum atomic E-state index is 13.5. The van der Waals surface area contributed by atoms with Gasteiger partial charge >= 0.3 is 6.09 Å². The van der Waals surface area contributed by atoms with Gasteiger partial charge < -0.3 is 21.1 Å². The van der Waals surface area contributed by atoms with E-state index in [-0.39, 0.29) is 11.9 Å². The molecule has 6 heteroatoms. The molecule has 5 nitrogen and oxygen atoms in total. The number of aryl methyl sites for hydroxylation is 1. The van der Waals surface area contributed by atoms with Crippen LogP contribution in [-0.4, -0.2) is 35.2 Å². The molecule has 1 saturated heterocycles. The normalized spacial score (nSPS) is 16.4. The summed E-state index contributed by atoms with van der Waals surface area (Å²) in [7, 11) is 0. The molecule has 2 rings (SSSR count). The van der Waals surface area contributed by atoms with Crippen LogP contribution in [0.15, 0.2) is 12.1 Å². The summed E-state index contributed by atoms with van der Waals surface area (Å²) in [6.07, 6.45) is 0.502. The average Bonchev–Trinajstić information content (AvgIpc) is 2.36. The van der Waals surface area contributed by atoms with Crippen LogP contribution in [0.5, 0.6) is 0 Å². The Hall–Kier alpha value is -1.98. The molecule has 0 spiro atoms. The number of piperidine rings is 1. The standard InChI is InChI=1S/C13H18FN3O2/c1-8-6-11(15)12(7-10(8)14)16-9-2-4-17(5-3-9)13(18)19/h6-7,9,16H,2-5,15H2,1H3,(H,18,19). The lowest BCUT2D eigenvalue weighted by molar-refractivity contribution is 0.134. The first kappa shape index (κ1) is 13.5. The smallest absolute Gasteiger partial charge is 0.407 e. The van der Waals surface area contributed by atoms with Gasteiger partial charge in [-0.1, -0.05) is 0 Å². The summed E-state index contributed by atoms with van der Waals surface area (Å²) in [6, 6.07) is 3.12. The van der Waals surface area contributed by atoms with Gasteiger partial charge in [0.05, 0.1) is 11.4 Å². The highest BCUT2D eigenvalue weighted by molar-refractivity contribution is 5.68. The highest BCUT2D eigenvalue weighted by atomic mass is 19.1. The monoisotopic (exact) mass is 267 g/mol. The van der Waals surface area contributed by atoms with Crippen molar-refractivity contribution in [1.29, 1.82) is 0 Å². The van der Waals surface area contributed by atoms with E-state index in [0.717, 1.165) is 0 Å². The minimum Gasteiger partial charge on any atom is -0.465 e. The molecule has 1 aromatic carbocycles. The molecule has 1 fully saturated rings. The van der Waals surface area contributed by atoms with Crippen LogP contribution in [0.25, 0.3) is 0 Å². The van der Waals surface area contributed by atoms with Gasteiger partial charge in [-0.25, -0.2) is 9.18 Å². The molecule has 1 heterocycles. The van der Waals surface area contributed by atoms with E-state index in [4.69, 9.17) is 10.8 Å². The van der Waals surface area contributed by atoms with E-state index in [2.05, 4.69) is 5.32 Å². The second kappa shape index (κ2) is 5.34. The van der Waals surface area contributed by atoms with Crippen LogP contribution in [0, 0.1) is 12.7 Å². The van der Waals surface area contributed by atoms with E-state index in [1.54, 1.807) is 13.0 Å². The number of likely N-dealkylation sites (tertiary alicyclic amines) is 1. The summed E-state index contributed by atoms with van der Waals surface area (Å²) in [5.74, 6) is -0.292. The van der Waals surface area contributed by atoms with Crippen molar-refractivity contribution >= 4 is 17.5 Å². The van der Waals surface area contributed by atoms with Gasteiger partial charge in [0, 0.05) is 19.1 Å². The first-order valence-corrected chi connectivity index (χ1v) is 6.27. The van der Waals surface area contributed by atoms with Gasteiger partial charge in [-0.2, -0.15) is 0 Å². The Balaban J connectivity index is 1.99. The third-order valence-corrected chi connectivity index (χ3v) is 3.46. The fourth-order valence-electron chi connectivity index (χ4n) is 2.26. The largest absolute Gasteiger partial charge is 0.465 e. The fourth-order valence-corrected chi connectivity index (χ4v) is 2.26. The number of halogens is 1. The Morgan fingerprint density at radius 2 is 2.11 bits per heavy atom. The third-order valence-electron chi connectivity index (χ3n) is 3.46. The van der Waals surface area contributed by atoms with Gasteiger partial charge in [0.1, 0.15) is 5.82 Å². The van der Waals surface area contributed by atoms with Crippen molar-refractivity contribution < 1.29 is 14.3 Å². The molecular weight excluding hydrogens is 249 g/mol. The zero-order valence-corrected chi connectivity index (χ0v) is 10.8. The van der Waals surface area contributed by atoms with E-state index in [9.17, 15) is 9.18 Å². The number of nitrogen functional groups attached to an aromatic ring is 1. The number of hydrogen-bond acceptors (Lipinski definition) is 3. The second-order valence-corrected chi connectivity index (χ2v) is 4.88. The van der Waals surface area contributed by atoms with E-state index in [1.165, 1.54) is 11.0 Å². The van der Waals surface area contributed by atoms with Crippen molar-refractivity contribution in [2.45, 2.75) is 25.8 Å². The number of rotatable bonds is 2. The zero-order chi connectivity index (χ0) is 14.0. The van der Waals surface area contributed by atoms with Crippen LogP contribution in [-0.2, 0) is 0 Å². The maximum Gasteiger partial charge on any atom is 0.407 e. The number of amides is 1. The number of nitrogens with two attached hydrogens (primary N) is 1. The van der Waals surface area contributed by atoms with E-state index in [1.807, 2.05) is 0 Å². The van der Waals surface area contributed by atoms with Crippen molar-refractivity contribution in [2.24, 2.45) is 0 Å². The molecule has 4 N–H and O–H groups in total. The van der Waals surface area contributed by atoms with Crippen molar-refractivity contribution in [3.63, 3.8) is 0 Å². The number of benzene rings is 1. The van der Waals surface area contributed by atoms with Crippen LogP contribution < -0.4 is 11.1 Å². The Morgan fingerprint density at radius 3 is 2.68 bits per heavy atom. The van der Waals surface area contributed by atoms with Gasteiger partial charge in [-0.05, 0) is 37.5 Å². The summed E-state index contributed by atoms with van der Waals surface area (Å²) < 4.78 is 13.5. The molecule has 104 valence electrons. The topological polar surface area (TPSA) is 78.6 Å². The van der Waals surface area contributed by atoms with Crippen molar-refractivity contribution in [3.05, 3.63) is 23.5 Å². The second-order valence-electron chi connectivity index (χ2n) is 4.88. The quantitative estimate of drug-likeness (QED) is 0.718. The summed E-state index contributed by atoms with van der Waals surface area (Å²) in [5, 5.41) is 12.1. The molecule has 0 radical (unpaired) electrons. The number of nitrogens with one attached hydrogen (secondary N) is 1. The van der Waals surface area contributed by atoms with Gasteiger partial charge in [-0.15, -0.1) is 0 Å². The van der Waals surface area contributed by atoms with E-state index < -0.39 is 6.09 Å². The molecule has 0 aliphatic carbocycles. The number of hydrogen-bond donors (Lipinski definition) is 3. The molecule has 1 aliphatic heterocycles. The Morgan fingerprint density at radius 1 is 1.47 bits per heavy atom. The predicted molar refractivity (Wildman–Crippen MR) is 71.8 cm³/mol. The third kappa shape index (κ3) is 3.07. The van der Waals surface area contributed by atoms with Crippen LogP contribution in [0.1, 0.15) is 18.4 Å². The number of anilines is 2. The van der Waals surface area contributed by atoms with Crippen molar-refractivity contribution in [3.8, 4) is 0 Å². The molecular formula is C13H18FN3O2. The molecule has 0 unspecified atom stereocenters. The fraction of sp³-hybridized carbons (Fsp3) is 0.462. The first-order valence-electron chi connectivity index (χ1n) is 6.27. The molecule has 0 saturated carbocycles. The Kier molecular flexibility index (Phi) is 3.78. The molecule has 0 aromatic heterocycles. The maximum absolute atomic E-state index is 13.5. The lowest BCUT2D eigenvalue weighted by Crippen LogP contribution is -2.41. The van der Waals surface area contributed by atoms with E-state index >= 15 is 0 Å². The highest BCUT2D eigenvalue weighted by Crippen LogP contribution is 2.25. The number of carbonyl (C=O) groups is 1. The molecule has 1 aromatic rings. The van der Waals surface area contributed by atoms with Gasteiger partial charge in [-0.3, -0.25) is 0 Å². The first-order chi connectivity index (χ1) is 8.97. The van der Waals surface area contributed by atoms with Crippen LogP contribution in [0.4, 0.5) is 20.6 Å². The van der Waals surface area contributed by atoms with Crippen LogP contribution in [0.2, 0.25) is 0 Å². The summed E-state index contributed by atoms with van der Waals surface area (Å²) in [5.41, 5.74) is 7.46. The highest BCUT2D eigenvalue weighted by Gasteiger charge is 2.22. The molecule has 0 bridgehead atoms. The van der Waals surface area contributed by atoms with E-state index in [0.29, 0.717) is 42.9 Å². The SMILES string of the molecule is Cc1cc(N)c(NC2CCN(C(=O)O)CC2)cc1F. The minimum atomic E-state index is -0.889. The van der Waals surface area contributed by atoms with Crippen LogP contribution >= 0.6 is 0 Å². The van der Waals surface area contributed by atoms with Gasteiger partial charge in [0.25, 0.3) is 0 Å². The summed E-state index contributed by atoms with van der Waals surface area (Å²) in [6.45, 7) is 2.64. The van der Waals surface area contributed by atoms with Gasteiger partial charge in [0.15, 0.2) is 0 Å². The van der Waals surface area contributed by atoms with Crippen molar-refractivity contribution in [2.75, 3.05) is 24.1 Å². The minimum absolute atomic E-state index is 0.125. The lowest BCUT2D eigenvalue weighted by Gasteiger charge is -2.31. The molecule has 19 heavy (non-hydrogen) atoms. The Labute approximate surface area is 111 Å². The number of nitrogens with zero attached hydrogens (tertiary/aromatic N) is 1. The summed E-state index contributed by atoms with van der Waals surface area (Å²) >= 11 is 0. The number of carboxylic acid groups (broad SMARTS) is 1.